The number of anilines is 1. The maximum atomic E-state index is 5.97. The van der Waals surface area contributed by atoms with Crippen molar-refractivity contribution in [3.8, 4) is 0 Å². The van der Waals surface area contributed by atoms with Gasteiger partial charge >= 0.3 is 0 Å². The number of hydrogen-bond donors (Lipinski definition) is 1. The summed E-state index contributed by atoms with van der Waals surface area (Å²) in [5.74, 6) is 0. The van der Waals surface area contributed by atoms with Gasteiger partial charge in [0.25, 0.3) is 0 Å². The van der Waals surface area contributed by atoms with Crippen molar-refractivity contribution < 1.29 is 0 Å². The molecule has 96 valence electrons. The molecule has 0 bridgehead atoms. The van der Waals surface area contributed by atoms with E-state index in [0.717, 1.165) is 26.9 Å². The molecule has 18 heavy (non-hydrogen) atoms. The average Bonchev–Trinajstić information content (AvgIpc) is 2.75. The number of aryl methyl sites for hydroxylation is 1. The van der Waals surface area contributed by atoms with Crippen LogP contribution in [-0.2, 0) is 13.1 Å². The zero-order chi connectivity index (χ0) is 13.1. The molecule has 0 saturated heterocycles. The summed E-state index contributed by atoms with van der Waals surface area (Å²) in [6.45, 7) is 3.73. The third kappa shape index (κ3) is 3.08. The summed E-state index contributed by atoms with van der Waals surface area (Å²) in [5.41, 5.74) is 2.13. The van der Waals surface area contributed by atoms with Crippen molar-refractivity contribution in [3.63, 3.8) is 0 Å². The molecule has 0 spiro atoms. The highest BCUT2D eigenvalue weighted by Crippen LogP contribution is 2.34. The Balaban J connectivity index is 2.16. The number of nitrogens with zero attached hydrogens (tertiary/aromatic N) is 2. The molecule has 0 saturated carbocycles. The summed E-state index contributed by atoms with van der Waals surface area (Å²) in [7, 11) is 0. The standard InChI is InChI=1S/C12H12Br2ClN3/c1-2-18-7-16-5-9(18)6-17-12-10(13)3-8(15)4-11(12)14/h3-5,7,17H,2,6H2,1H3. The van der Waals surface area contributed by atoms with Crippen LogP contribution in [0, 0.1) is 0 Å². The third-order valence-corrected chi connectivity index (χ3v) is 4.06. The molecule has 1 N–H and O–H groups in total. The number of hydrogen-bond acceptors (Lipinski definition) is 2. The van der Waals surface area contributed by atoms with E-state index < -0.39 is 0 Å². The van der Waals surface area contributed by atoms with Crippen molar-refractivity contribution in [2.24, 2.45) is 0 Å². The van der Waals surface area contributed by atoms with Gasteiger partial charge in [-0.1, -0.05) is 11.6 Å². The molecule has 0 fully saturated rings. The molecule has 6 heteroatoms. The Kier molecular flexibility index (Phi) is 4.70. The van der Waals surface area contributed by atoms with Crippen LogP contribution in [0.15, 0.2) is 33.6 Å². The van der Waals surface area contributed by atoms with Gasteiger partial charge in [-0.05, 0) is 50.9 Å². The molecule has 0 unspecified atom stereocenters. The summed E-state index contributed by atoms with van der Waals surface area (Å²) >= 11 is 13.0. The minimum absolute atomic E-state index is 0.693. The van der Waals surface area contributed by atoms with Crippen molar-refractivity contribution in [3.05, 3.63) is 44.3 Å². The maximum absolute atomic E-state index is 5.97. The summed E-state index contributed by atoms with van der Waals surface area (Å²) in [5, 5.41) is 4.06. The Morgan fingerprint density at radius 3 is 2.61 bits per heavy atom. The monoisotopic (exact) mass is 391 g/mol. The van der Waals surface area contributed by atoms with Crippen LogP contribution in [0.3, 0.4) is 0 Å². The van der Waals surface area contributed by atoms with Gasteiger partial charge < -0.3 is 9.88 Å². The first-order valence-electron chi connectivity index (χ1n) is 5.49. The van der Waals surface area contributed by atoms with Gasteiger partial charge in [0, 0.05) is 26.7 Å². The normalized spacial score (nSPS) is 10.7. The molecule has 0 aliphatic carbocycles. The molecule has 0 amide bonds. The first-order valence-corrected chi connectivity index (χ1v) is 7.45. The van der Waals surface area contributed by atoms with Crippen molar-refractivity contribution in [1.82, 2.24) is 9.55 Å². The summed E-state index contributed by atoms with van der Waals surface area (Å²) in [6.07, 6.45) is 3.71. The van der Waals surface area contributed by atoms with Gasteiger partial charge in [0.05, 0.1) is 24.3 Å². The van der Waals surface area contributed by atoms with Crippen LogP contribution in [0.25, 0.3) is 0 Å². The molecular weight excluding hydrogens is 381 g/mol. The molecule has 1 aromatic carbocycles. The smallest absolute Gasteiger partial charge is 0.0948 e. The molecule has 0 atom stereocenters. The molecule has 1 aromatic heterocycles. The predicted molar refractivity (Wildman–Crippen MR) is 82.1 cm³/mol. The second-order valence-electron chi connectivity index (χ2n) is 3.77. The van der Waals surface area contributed by atoms with Crippen LogP contribution in [0.2, 0.25) is 5.02 Å². The van der Waals surface area contributed by atoms with Gasteiger partial charge in [-0.2, -0.15) is 0 Å². The molecule has 3 nitrogen and oxygen atoms in total. The van der Waals surface area contributed by atoms with E-state index in [1.54, 1.807) is 0 Å². The lowest BCUT2D eigenvalue weighted by Gasteiger charge is -2.12. The van der Waals surface area contributed by atoms with Crippen LogP contribution >= 0.6 is 43.5 Å². The first-order chi connectivity index (χ1) is 8.61. The van der Waals surface area contributed by atoms with E-state index in [2.05, 4.69) is 53.7 Å². The van der Waals surface area contributed by atoms with E-state index in [4.69, 9.17) is 11.6 Å². The van der Waals surface area contributed by atoms with Crippen LogP contribution in [0.5, 0.6) is 0 Å². The molecule has 0 radical (unpaired) electrons. The molecule has 2 rings (SSSR count). The van der Waals surface area contributed by atoms with Crippen LogP contribution in [0.4, 0.5) is 5.69 Å². The van der Waals surface area contributed by atoms with Gasteiger partial charge in [0.2, 0.25) is 0 Å². The summed E-state index contributed by atoms with van der Waals surface area (Å²) in [4.78, 5) is 4.14. The quantitative estimate of drug-likeness (QED) is 0.816. The lowest BCUT2D eigenvalue weighted by Crippen LogP contribution is -2.06. The average molecular weight is 394 g/mol. The minimum Gasteiger partial charge on any atom is -0.378 e. The highest BCUT2D eigenvalue weighted by Gasteiger charge is 2.08. The van der Waals surface area contributed by atoms with E-state index in [9.17, 15) is 0 Å². The highest BCUT2D eigenvalue weighted by atomic mass is 79.9. The molecule has 1 heterocycles. The van der Waals surface area contributed by atoms with Crippen molar-refractivity contribution in [1.29, 1.82) is 0 Å². The summed E-state index contributed by atoms with van der Waals surface area (Å²) < 4.78 is 3.97. The minimum atomic E-state index is 0.693. The van der Waals surface area contributed by atoms with Gasteiger partial charge in [-0.15, -0.1) is 0 Å². The lowest BCUT2D eigenvalue weighted by atomic mass is 10.3. The van der Waals surface area contributed by atoms with Crippen molar-refractivity contribution in [2.45, 2.75) is 20.0 Å². The number of rotatable bonds is 4. The Morgan fingerprint density at radius 2 is 2.00 bits per heavy atom. The van der Waals surface area contributed by atoms with E-state index in [0.29, 0.717) is 11.6 Å². The Bertz CT molecular complexity index is 531. The number of aromatic nitrogens is 2. The van der Waals surface area contributed by atoms with Crippen LogP contribution in [-0.4, -0.2) is 9.55 Å². The molecule has 0 aliphatic rings. The van der Waals surface area contributed by atoms with Gasteiger partial charge in [0.1, 0.15) is 0 Å². The fourth-order valence-electron chi connectivity index (χ4n) is 1.67. The molecule has 0 aliphatic heterocycles. The Labute approximate surface area is 128 Å². The molecule has 2 aromatic rings. The first kappa shape index (κ1) is 13.9. The Hall–Kier alpha value is -0.520. The zero-order valence-electron chi connectivity index (χ0n) is 9.75. The second kappa shape index (κ2) is 6.08. The zero-order valence-corrected chi connectivity index (χ0v) is 13.7. The maximum Gasteiger partial charge on any atom is 0.0948 e. The van der Waals surface area contributed by atoms with E-state index in [-0.39, 0.29) is 0 Å². The van der Waals surface area contributed by atoms with Crippen LogP contribution in [0.1, 0.15) is 12.6 Å². The molecular formula is C12H12Br2ClN3. The number of halogens is 3. The number of imidazole rings is 1. The van der Waals surface area contributed by atoms with Crippen LogP contribution < -0.4 is 5.32 Å². The van der Waals surface area contributed by atoms with Gasteiger partial charge in [-0.3, -0.25) is 0 Å². The Morgan fingerprint density at radius 1 is 1.33 bits per heavy atom. The SMILES string of the molecule is CCn1cncc1CNc1c(Br)cc(Cl)cc1Br. The van der Waals surface area contributed by atoms with Crippen molar-refractivity contribution in [2.75, 3.05) is 5.32 Å². The number of benzene rings is 1. The summed E-state index contributed by atoms with van der Waals surface area (Å²) in [6, 6.07) is 3.73. The largest absolute Gasteiger partial charge is 0.378 e. The highest BCUT2D eigenvalue weighted by molar-refractivity contribution is 9.11. The van der Waals surface area contributed by atoms with E-state index >= 15 is 0 Å². The lowest BCUT2D eigenvalue weighted by molar-refractivity contribution is 0.719. The number of nitrogens with one attached hydrogen (secondary N) is 1. The fraction of sp³-hybridized carbons (Fsp3) is 0.250. The van der Waals surface area contributed by atoms with Gasteiger partial charge in [0.15, 0.2) is 0 Å². The fourth-order valence-corrected chi connectivity index (χ4v) is 3.62. The second-order valence-corrected chi connectivity index (χ2v) is 5.91. The van der Waals surface area contributed by atoms with E-state index in [1.165, 1.54) is 0 Å². The third-order valence-electron chi connectivity index (χ3n) is 2.59. The van der Waals surface area contributed by atoms with Crippen molar-refractivity contribution >= 4 is 49.1 Å². The van der Waals surface area contributed by atoms with E-state index in [1.807, 2.05) is 24.7 Å². The predicted octanol–water partition coefficient (Wildman–Crippen LogP) is 4.69. The topological polar surface area (TPSA) is 29.9 Å². The van der Waals surface area contributed by atoms with Gasteiger partial charge in [-0.25, -0.2) is 4.98 Å².